The molecule has 0 saturated heterocycles. The Balaban J connectivity index is 2.66. The fourth-order valence-electron chi connectivity index (χ4n) is 1.54. The van der Waals surface area contributed by atoms with Crippen LogP contribution in [0.4, 0.5) is 5.69 Å². The van der Waals surface area contributed by atoms with Crippen LogP contribution in [0.3, 0.4) is 0 Å². The molecular weight excluding hydrogens is 194 g/mol. The fourth-order valence-corrected chi connectivity index (χ4v) is 1.54. The largest absolute Gasteiger partial charge is 0.328 e. The van der Waals surface area contributed by atoms with Crippen molar-refractivity contribution >= 4 is 16.7 Å². The van der Waals surface area contributed by atoms with Crippen molar-refractivity contribution in [3.8, 4) is 0 Å². The lowest BCUT2D eigenvalue weighted by molar-refractivity contribution is -0.384. The van der Waals surface area contributed by atoms with Gasteiger partial charge in [-0.3, -0.25) is 10.1 Å². The molecule has 0 N–H and O–H groups in total. The SMILES string of the molecule is CC(C)n1cnc2ccc([N+](=O)[O-])cc21. The van der Waals surface area contributed by atoms with Gasteiger partial charge in [0.15, 0.2) is 0 Å². The molecule has 0 aliphatic carbocycles. The maximum absolute atomic E-state index is 10.6. The molecule has 2 rings (SSSR count). The zero-order chi connectivity index (χ0) is 11.0. The van der Waals surface area contributed by atoms with E-state index in [4.69, 9.17) is 0 Å². The molecule has 0 aliphatic heterocycles. The first kappa shape index (κ1) is 9.64. The van der Waals surface area contributed by atoms with Crippen molar-refractivity contribution in [2.45, 2.75) is 19.9 Å². The molecule has 0 unspecified atom stereocenters. The highest BCUT2D eigenvalue weighted by Crippen LogP contribution is 2.22. The Morgan fingerprint density at radius 3 is 2.80 bits per heavy atom. The number of nitro groups is 1. The van der Waals surface area contributed by atoms with Crippen molar-refractivity contribution < 1.29 is 4.92 Å². The average molecular weight is 205 g/mol. The zero-order valence-corrected chi connectivity index (χ0v) is 8.54. The predicted octanol–water partition coefficient (Wildman–Crippen LogP) is 2.53. The monoisotopic (exact) mass is 205 g/mol. The number of hydrogen-bond acceptors (Lipinski definition) is 3. The Hall–Kier alpha value is -1.91. The summed E-state index contributed by atoms with van der Waals surface area (Å²) in [5.74, 6) is 0. The van der Waals surface area contributed by atoms with Gasteiger partial charge >= 0.3 is 0 Å². The van der Waals surface area contributed by atoms with E-state index in [1.807, 2.05) is 18.4 Å². The summed E-state index contributed by atoms with van der Waals surface area (Å²) in [6, 6.07) is 4.95. The van der Waals surface area contributed by atoms with E-state index < -0.39 is 4.92 Å². The molecule has 1 heterocycles. The van der Waals surface area contributed by atoms with Crippen LogP contribution in [-0.4, -0.2) is 14.5 Å². The minimum atomic E-state index is -0.392. The normalized spacial score (nSPS) is 11.1. The van der Waals surface area contributed by atoms with Crippen molar-refractivity contribution in [3.63, 3.8) is 0 Å². The average Bonchev–Trinajstić information content (AvgIpc) is 2.59. The molecule has 2 aromatic rings. The summed E-state index contributed by atoms with van der Waals surface area (Å²) >= 11 is 0. The smallest absolute Gasteiger partial charge is 0.271 e. The van der Waals surface area contributed by atoms with Gasteiger partial charge in [-0.15, -0.1) is 0 Å². The first-order valence-corrected chi connectivity index (χ1v) is 4.70. The molecule has 1 aromatic heterocycles. The number of fused-ring (bicyclic) bond motifs is 1. The summed E-state index contributed by atoms with van der Waals surface area (Å²) < 4.78 is 1.92. The molecule has 0 spiro atoms. The van der Waals surface area contributed by atoms with Crippen LogP contribution >= 0.6 is 0 Å². The molecule has 1 aromatic carbocycles. The maximum atomic E-state index is 10.6. The minimum Gasteiger partial charge on any atom is -0.328 e. The van der Waals surface area contributed by atoms with Crippen LogP contribution in [0.25, 0.3) is 11.0 Å². The number of imidazole rings is 1. The van der Waals surface area contributed by atoms with Gasteiger partial charge in [0.2, 0.25) is 0 Å². The molecule has 5 nitrogen and oxygen atoms in total. The maximum Gasteiger partial charge on any atom is 0.271 e. The lowest BCUT2D eigenvalue weighted by Gasteiger charge is -2.06. The van der Waals surface area contributed by atoms with Crippen LogP contribution in [0, 0.1) is 10.1 Å². The first-order chi connectivity index (χ1) is 7.09. The summed E-state index contributed by atoms with van der Waals surface area (Å²) in [7, 11) is 0. The number of nitrogens with zero attached hydrogens (tertiary/aromatic N) is 3. The number of aromatic nitrogens is 2. The van der Waals surface area contributed by atoms with Crippen molar-refractivity contribution in [2.24, 2.45) is 0 Å². The van der Waals surface area contributed by atoms with Gasteiger partial charge in [0, 0.05) is 18.2 Å². The van der Waals surface area contributed by atoms with E-state index in [1.165, 1.54) is 6.07 Å². The Morgan fingerprint density at radius 1 is 1.47 bits per heavy atom. The van der Waals surface area contributed by atoms with Crippen LogP contribution < -0.4 is 0 Å². The van der Waals surface area contributed by atoms with Gasteiger partial charge in [0.05, 0.1) is 22.3 Å². The number of non-ortho nitro benzene ring substituents is 1. The molecule has 0 atom stereocenters. The molecule has 0 bridgehead atoms. The Kier molecular flexibility index (Phi) is 2.15. The van der Waals surface area contributed by atoms with Gasteiger partial charge in [-0.25, -0.2) is 4.98 Å². The van der Waals surface area contributed by atoms with E-state index in [0.717, 1.165) is 11.0 Å². The molecule has 5 heteroatoms. The van der Waals surface area contributed by atoms with E-state index in [0.29, 0.717) is 0 Å². The number of hydrogen-bond donors (Lipinski definition) is 0. The highest BCUT2D eigenvalue weighted by atomic mass is 16.6. The van der Waals surface area contributed by atoms with E-state index in [1.54, 1.807) is 18.5 Å². The Morgan fingerprint density at radius 2 is 2.20 bits per heavy atom. The van der Waals surface area contributed by atoms with Gasteiger partial charge in [0.25, 0.3) is 5.69 Å². The van der Waals surface area contributed by atoms with Crippen LogP contribution in [0.5, 0.6) is 0 Å². The molecule has 78 valence electrons. The Bertz CT molecular complexity index is 516. The summed E-state index contributed by atoms with van der Waals surface area (Å²) in [5, 5.41) is 10.6. The second-order valence-corrected chi connectivity index (χ2v) is 3.68. The van der Waals surface area contributed by atoms with Crippen LogP contribution in [-0.2, 0) is 0 Å². The van der Waals surface area contributed by atoms with Crippen molar-refractivity contribution in [1.29, 1.82) is 0 Å². The third-order valence-corrected chi connectivity index (χ3v) is 2.33. The Labute approximate surface area is 86.5 Å². The first-order valence-electron chi connectivity index (χ1n) is 4.70. The second kappa shape index (κ2) is 3.34. The summed E-state index contributed by atoms with van der Waals surface area (Å²) in [4.78, 5) is 14.4. The second-order valence-electron chi connectivity index (χ2n) is 3.68. The van der Waals surface area contributed by atoms with E-state index in [9.17, 15) is 10.1 Å². The predicted molar refractivity (Wildman–Crippen MR) is 56.8 cm³/mol. The van der Waals surface area contributed by atoms with Crippen LogP contribution in [0.1, 0.15) is 19.9 Å². The number of benzene rings is 1. The van der Waals surface area contributed by atoms with E-state index in [2.05, 4.69) is 4.98 Å². The minimum absolute atomic E-state index is 0.102. The third kappa shape index (κ3) is 1.56. The topological polar surface area (TPSA) is 61.0 Å². The molecule has 0 fully saturated rings. The molecule has 15 heavy (non-hydrogen) atoms. The van der Waals surface area contributed by atoms with Gasteiger partial charge in [0.1, 0.15) is 0 Å². The van der Waals surface area contributed by atoms with Gasteiger partial charge < -0.3 is 4.57 Å². The summed E-state index contributed by atoms with van der Waals surface area (Å²) in [5.41, 5.74) is 1.69. The van der Waals surface area contributed by atoms with Crippen molar-refractivity contribution in [2.75, 3.05) is 0 Å². The lowest BCUT2D eigenvalue weighted by Crippen LogP contribution is -1.98. The summed E-state index contributed by atoms with van der Waals surface area (Å²) in [6.07, 6.45) is 1.71. The lowest BCUT2D eigenvalue weighted by atomic mass is 10.2. The van der Waals surface area contributed by atoms with Gasteiger partial charge in [-0.2, -0.15) is 0 Å². The highest BCUT2D eigenvalue weighted by molar-refractivity contribution is 5.78. The molecule has 0 aliphatic rings. The van der Waals surface area contributed by atoms with Gasteiger partial charge in [-0.05, 0) is 19.9 Å². The quantitative estimate of drug-likeness (QED) is 0.559. The van der Waals surface area contributed by atoms with Crippen LogP contribution in [0.2, 0.25) is 0 Å². The number of rotatable bonds is 2. The molecule has 0 amide bonds. The van der Waals surface area contributed by atoms with E-state index >= 15 is 0 Å². The standard InChI is InChI=1S/C10H11N3O2/c1-7(2)12-6-11-9-4-3-8(13(14)15)5-10(9)12/h3-7H,1-2H3. The highest BCUT2D eigenvalue weighted by Gasteiger charge is 2.11. The fraction of sp³-hybridized carbons (Fsp3) is 0.300. The van der Waals surface area contributed by atoms with Gasteiger partial charge in [-0.1, -0.05) is 0 Å². The molecule has 0 radical (unpaired) electrons. The van der Waals surface area contributed by atoms with Crippen LogP contribution in [0.15, 0.2) is 24.5 Å². The van der Waals surface area contributed by atoms with Crippen molar-refractivity contribution in [1.82, 2.24) is 9.55 Å². The van der Waals surface area contributed by atoms with Crippen molar-refractivity contribution in [3.05, 3.63) is 34.6 Å². The zero-order valence-electron chi connectivity index (χ0n) is 8.54. The summed E-state index contributed by atoms with van der Waals surface area (Å²) in [6.45, 7) is 4.03. The third-order valence-electron chi connectivity index (χ3n) is 2.33. The van der Waals surface area contributed by atoms with E-state index in [-0.39, 0.29) is 11.7 Å². The molecular formula is C10H11N3O2. The number of nitro benzene ring substituents is 1. The molecule has 0 saturated carbocycles.